The van der Waals surface area contributed by atoms with Crippen LogP contribution < -0.4 is 15.8 Å². The first-order valence-corrected chi connectivity index (χ1v) is 10.2. The number of nitrogens with one attached hydrogen (secondary N) is 1. The smallest absolute Gasteiger partial charge is 0.267 e. The van der Waals surface area contributed by atoms with Crippen molar-refractivity contribution in [2.75, 3.05) is 23.3 Å². The maximum Gasteiger partial charge on any atom is 0.267 e. The van der Waals surface area contributed by atoms with Crippen LogP contribution in [0.1, 0.15) is 30.5 Å². The Morgan fingerprint density at radius 3 is 2.87 bits per heavy atom. The van der Waals surface area contributed by atoms with Gasteiger partial charge < -0.3 is 10.2 Å². The number of nitrogens with zero attached hydrogens (tertiary/aromatic N) is 6. The van der Waals surface area contributed by atoms with Gasteiger partial charge in [0.1, 0.15) is 23.5 Å². The molecule has 0 aliphatic carbocycles. The van der Waals surface area contributed by atoms with Crippen molar-refractivity contribution in [2.45, 2.75) is 31.8 Å². The van der Waals surface area contributed by atoms with Gasteiger partial charge in [0, 0.05) is 25.2 Å². The summed E-state index contributed by atoms with van der Waals surface area (Å²) in [5.74, 6) is 0.983. The minimum absolute atomic E-state index is 0.166. The summed E-state index contributed by atoms with van der Waals surface area (Å²) in [4.78, 5) is 22.7. The summed E-state index contributed by atoms with van der Waals surface area (Å²) in [6, 6.07) is 11.5. The molecule has 1 aliphatic rings. The first-order valence-electron chi connectivity index (χ1n) is 10.2. The van der Waals surface area contributed by atoms with Gasteiger partial charge in [0.05, 0.1) is 18.9 Å². The van der Waals surface area contributed by atoms with Crippen LogP contribution in [-0.2, 0) is 6.54 Å². The lowest BCUT2D eigenvalue weighted by atomic mass is 10.0. The number of hydrogen-bond donors (Lipinski definition) is 1. The second kappa shape index (κ2) is 9.34. The molecular formula is C22H22FN7O. The fraction of sp³-hybridized carbons (Fsp3) is 0.318. The molecule has 158 valence electrons. The Labute approximate surface area is 179 Å². The number of piperidine rings is 1. The van der Waals surface area contributed by atoms with Gasteiger partial charge in [-0.2, -0.15) is 10.4 Å². The van der Waals surface area contributed by atoms with Gasteiger partial charge in [-0.05, 0) is 43.0 Å². The van der Waals surface area contributed by atoms with Crippen LogP contribution in [0.25, 0.3) is 0 Å². The largest absolute Gasteiger partial charge is 0.367 e. The van der Waals surface area contributed by atoms with Gasteiger partial charge in [0.2, 0.25) is 0 Å². The molecule has 3 heterocycles. The van der Waals surface area contributed by atoms with Gasteiger partial charge in [0.25, 0.3) is 5.56 Å². The maximum atomic E-state index is 13.5. The molecule has 0 saturated carbocycles. The lowest BCUT2D eigenvalue weighted by Gasteiger charge is -2.36. The molecule has 0 bridgehead atoms. The molecule has 9 heteroatoms. The predicted molar refractivity (Wildman–Crippen MR) is 114 cm³/mol. The fourth-order valence-electron chi connectivity index (χ4n) is 3.73. The number of hydrogen-bond acceptors (Lipinski definition) is 7. The monoisotopic (exact) mass is 419 g/mol. The van der Waals surface area contributed by atoms with E-state index < -0.39 is 0 Å². The molecule has 3 aromatic rings. The van der Waals surface area contributed by atoms with E-state index in [2.05, 4.69) is 25.3 Å². The zero-order valence-electron chi connectivity index (χ0n) is 16.9. The topological polar surface area (TPSA) is 99.7 Å². The van der Waals surface area contributed by atoms with Crippen molar-refractivity contribution >= 4 is 11.6 Å². The van der Waals surface area contributed by atoms with Crippen molar-refractivity contribution in [3.05, 3.63) is 76.2 Å². The van der Waals surface area contributed by atoms with Crippen LogP contribution in [0.2, 0.25) is 0 Å². The number of aromatic nitrogens is 4. The molecule has 0 radical (unpaired) electrons. The van der Waals surface area contributed by atoms with Gasteiger partial charge in [0.15, 0.2) is 5.69 Å². The summed E-state index contributed by atoms with van der Waals surface area (Å²) in [7, 11) is 0. The minimum Gasteiger partial charge on any atom is -0.367 e. The van der Waals surface area contributed by atoms with Gasteiger partial charge >= 0.3 is 0 Å². The number of benzene rings is 1. The molecule has 8 nitrogen and oxygen atoms in total. The zero-order chi connectivity index (χ0) is 21.6. The summed E-state index contributed by atoms with van der Waals surface area (Å²) in [5.41, 5.74) is 0.727. The van der Waals surface area contributed by atoms with Crippen LogP contribution in [0.4, 0.5) is 16.0 Å². The molecule has 1 atom stereocenters. The van der Waals surface area contributed by atoms with Crippen LogP contribution >= 0.6 is 0 Å². The third kappa shape index (κ3) is 5.04. The van der Waals surface area contributed by atoms with E-state index in [4.69, 9.17) is 5.26 Å². The Balaban J connectivity index is 1.50. The average molecular weight is 419 g/mol. The molecule has 1 aromatic carbocycles. The van der Waals surface area contributed by atoms with Crippen LogP contribution in [0, 0.1) is 17.1 Å². The van der Waals surface area contributed by atoms with Crippen molar-refractivity contribution < 1.29 is 4.39 Å². The molecule has 1 unspecified atom stereocenters. The molecule has 1 saturated heterocycles. The molecule has 1 N–H and O–H groups in total. The Morgan fingerprint density at radius 2 is 2.10 bits per heavy atom. The highest BCUT2D eigenvalue weighted by Gasteiger charge is 2.24. The standard InChI is InChI=1S/C22H22FN7O/c23-17-5-3-4-16(10-17)15-30-22(31)8-7-21(28-30)29-9-2-1-6-19(29)13-27-20-14-25-18(11-24)12-26-20/h3-5,7-8,10,12,14,19H,1-2,6,9,13,15H2,(H,26,27). The van der Waals surface area contributed by atoms with Crippen LogP contribution in [-0.4, -0.2) is 38.9 Å². The Bertz CT molecular complexity index is 1140. The van der Waals surface area contributed by atoms with E-state index in [1.165, 1.54) is 29.1 Å². The summed E-state index contributed by atoms with van der Waals surface area (Å²) >= 11 is 0. The van der Waals surface area contributed by atoms with E-state index >= 15 is 0 Å². The zero-order valence-corrected chi connectivity index (χ0v) is 16.9. The molecular weight excluding hydrogens is 397 g/mol. The van der Waals surface area contributed by atoms with Gasteiger partial charge in [-0.15, -0.1) is 0 Å². The molecule has 4 rings (SSSR count). The van der Waals surface area contributed by atoms with Gasteiger partial charge in [-0.25, -0.2) is 19.0 Å². The van der Waals surface area contributed by atoms with Crippen LogP contribution in [0.5, 0.6) is 0 Å². The van der Waals surface area contributed by atoms with Crippen molar-refractivity contribution in [1.82, 2.24) is 19.7 Å². The molecule has 31 heavy (non-hydrogen) atoms. The van der Waals surface area contributed by atoms with E-state index in [0.717, 1.165) is 25.8 Å². The highest BCUT2D eigenvalue weighted by molar-refractivity contribution is 5.41. The fourth-order valence-corrected chi connectivity index (χ4v) is 3.73. The van der Waals surface area contributed by atoms with Crippen molar-refractivity contribution in [3.8, 4) is 6.07 Å². The Hall–Kier alpha value is -3.80. The number of halogens is 1. The highest BCUT2D eigenvalue weighted by atomic mass is 19.1. The second-order valence-corrected chi connectivity index (χ2v) is 7.44. The Morgan fingerprint density at radius 1 is 1.19 bits per heavy atom. The Kier molecular flexibility index (Phi) is 6.17. The van der Waals surface area contributed by atoms with Crippen LogP contribution in [0.15, 0.2) is 53.6 Å². The molecule has 1 fully saturated rings. The van der Waals surface area contributed by atoms with E-state index in [0.29, 0.717) is 23.7 Å². The molecule has 2 aromatic heterocycles. The lowest BCUT2D eigenvalue weighted by Crippen LogP contribution is -2.45. The number of rotatable bonds is 6. The number of nitriles is 1. The van der Waals surface area contributed by atoms with Crippen molar-refractivity contribution in [3.63, 3.8) is 0 Å². The highest BCUT2D eigenvalue weighted by Crippen LogP contribution is 2.23. The van der Waals surface area contributed by atoms with E-state index in [1.54, 1.807) is 24.4 Å². The summed E-state index contributed by atoms with van der Waals surface area (Å²) < 4.78 is 14.9. The molecule has 0 spiro atoms. The summed E-state index contributed by atoms with van der Waals surface area (Å²) in [6.45, 7) is 1.67. The first-order chi connectivity index (χ1) is 15.1. The van der Waals surface area contributed by atoms with E-state index in [9.17, 15) is 9.18 Å². The van der Waals surface area contributed by atoms with Crippen LogP contribution in [0.3, 0.4) is 0 Å². The van der Waals surface area contributed by atoms with E-state index in [1.807, 2.05) is 6.07 Å². The third-order valence-electron chi connectivity index (χ3n) is 5.28. The third-order valence-corrected chi connectivity index (χ3v) is 5.28. The van der Waals surface area contributed by atoms with Gasteiger partial charge in [-0.1, -0.05) is 12.1 Å². The first kappa shape index (κ1) is 20.5. The summed E-state index contributed by atoms with van der Waals surface area (Å²) in [6.07, 6.45) is 6.10. The lowest BCUT2D eigenvalue weighted by molar-refractivity contribution is 0.462. The average Bonchev–Trinajstić information content (AvgIpc) is 2.80. The normalized spacial score (nSPS) is 16.0. The quantitative estimate of drug-likeness (QED) is 0.655. The van der Waals surface area contributed by atoms with E-state index in [-0.39, 0.29) is 29.7 Å². The summed E-state index contributed by atoms with van der Waals surface area (Å²) in [5, 5.41) is 16.7. The number of anilines is 2. The molecule has 1 aliphatic heterocycles. The van der Waals surface area contributed by atoms with Crippen molar-refractivity contribution in [1.29, 1.82) is 5.26 Å². The predicted octanol–water partition coefficient (Wildman–Crippen LogP) is 2.56. The maximum absolute atomic E-state index is 13.5. The SMILES string of the molecule is N#Cc1cnc(NCC2CCCCN2c2ccc(=O)n(Cc3cccc(F)c3)n2)cn1. The minimum atomic E-state index is -0.338. The molecule has 0 amide bonds. The second-order valence-electron chi connectivity index (χ2n) is 7.44. The van der Waals surface area contributed by atoms with Gasteiger partial charge in [-0.3, -0.25) is 4.79 Å². The van der Waals surface area contributed by atoms with Crippen molar-refractivity contribution in [2.24, 2.45) is 0 Å².